The normalized spacial score (nSPS) is 16.7. The van der Waals surface area contributed by atoms with Crippen molar-refractivity contribution in [2.45, 2.75) is 45.8 Å². The van der Waals surface area contributed by atoms with Gasteiger partial charge in [-0.15, -0.1) is 0 Å². The molecule has 1 aromatic rings. The molecule has 1 saturated heterocycles. The molecule has 0 aromatic heterocycles. The number of rotatable bonds is 4. The van der Waals surface area contributed by atoms with Crippen molar-refractivity contribution in [3.63, 3.8) is 0 Å². The largest absolute Gasteiger partial charge is 0.444 e. The zero-order valence-electron chi connectivity index (χ0n) is 15.5. The molecule has 1 aliphatic rings. The summed E-state index contributed by atoms with van der Waals surface area (Å²) in [6.45, 7) is 8.56. The molecule has 1 amide bonds. The summed E-state index contributed by atoms with van der Waals surface area (Å²) in [4.78, 5) is 15.9. The van der Waals surface area contributed by atoms with Crippen LogP contribution in [0.25, 0.3) is 0 Å². The Balaban J connectivity index is 1.81. The van der Waals surface area contributed by atoms with Crippen molar-refractivity contribution in [1.82, 2.24) is 9.80 Å². The number of ether oxygens (including phenoxy) is 1. The Bertz CT molecular complexity index is 575. The molecule has 1 aromatic carbocycles. The molecule has 6 heteroatoms. The van der Waals surface area contributed by atoms with E-state index < -0.39 is 5.60 Å². The Kier molecular flexibility index (Phi) is 6.69. The second-order valence-corrected chi connectivity index (χ2v) is 8.19. The topological polar surface area (TPSA) is 32.8 Å². The quantitative estimate of drug-likeness (QED) is 0.779. The summed E-state index contributed by atoms with van der Waals surface area (Å²) in [5, 5.41) is 0.479. The van der Waals surface area contributed by atoms with E-state index in [1.54, 1.807) is 24.1 Å². The highest BCUT2D eigenvalue weighted by molar-refractivity contribution is 6.31. The van der Waals surface area contributed by atoms with E-state index in [4.69, 9.17) is 16.3 Å². The number of halogens is 2. The summed E-state index contributed by atoms with van der Waals surface area (Å²) in [6.07, 6.45) is 1.66. The van der Waals surface area contributed by atoms with Crippen LogP contribution in [-0.2, 0) is 11.3 Å². The fourth-order valence-corrected chi connectivity index (χ4v) is 3.26. The molecule has 4 nitrogen and oxygen atoms in total. The Morgan fingerprint density at radius 1 is 1.36 bits per heavy atom. The van der Waals surface area contributed by atoms with Gasteiger partial charge in [-0.25, -0.2) is 9.18 Å². The van der Waals surface area contributed by atoms with Crippen molar-refractivity contribution in [2.24, 2.45) is 5.92 Å². The average molecular weight is 371 g/mol. The summed E-state index contributed by atoms with van der Waals surface area (Å²) in [6, 6.07) is 4.80. The smallest absolute Gasteiger partial charge is 0.410 e. The van der Waals surface area contributed by atoms with Crippen LogP contribution < -0.4 is 0 Å². The molecule has 1 aliphatic heterocycles. The maximum Gasteiger partial charge on any atom is 0.410 e. The summed E-state index contributed by atoms with van der Waals surface area (Å²) in [5.74, 6) is 0.184. The highest BCUT2D eigenvalue weighted by Crippen LogP contribution is 2.25. The SMILES string of the molecule is CN(CC1CCN(Cc2c(F)cccc2Cl)CC1)C(=O)OC(C)(C)C. The zero-order valence-corrected chi connectivity index (χ0v) is 16.3. The minimum absolute atomic E-state index is 0.251. The van der Waals surface area contributed by atoms with E-state index >= 15 is 0 Å². The minimum atomic E-state index is -0.478. The Labute approximate surface area is 154 Å². The molecule has 0 saturated carbocycles. The monoisotopic (exact) mass is 370 g/mol. The Morgan fingerprint density at radius 2 is 2.00 bits per heavy atom. The second kappa shape index (κ2) is 8.37. The number of likely N-dealkylation sites (tertiary alicyclic amines) is 1. The molecular formula is C19H28ClFN2O2. The predicted octanol–water partition coefficient (Wildman–Crippen LogP) is 4.56. The van der Waals surface area contributed by atoms with Gasteiger partial charge in [0.25, 0.3) is 0 Å². The standard InChI is InChI=1S/C19H28ClFN2O2/c1-19(2,3)25-18(24)22(4)12-14-8-10-23(11-9-14)13-15-16(20)6-5-7-17(15)21/h5-7,14H,8-13H2,1-4H3. The van der Waals surface area contributed by atoms with Crippen LogP contribution in [0, 0.1) is 11.7 Å². The molecule has 0 bridgehead atoms. The highest BCUT2D eigenvalue weighted by atomic mass is 35.5. The first-order valence-corrected chi connectivity index (χ1v) is 9.13. The van der Waals surface area contributed by atoms with E-state index in [2.05, 4.69) is 4.90 Å². The van der Waals surface area contributed by atoms with Gasteiger partial charge >= 0.3 is 6.09 Å². The molecule has 0 aliphatic carbocycles. The predicted molar refractivity (Wildman–Crippen MR) is 98.3 cm³/mol. The fourth-order valence-electron chi connectivity index (χ4n) is 3.04. The van der Waals surface area contributed by atoms with Crippen molar-refractivity contribution >= 4 is 17.7 Å². The van der Waals surface area contributed by atoms with E-state index in [1.807, 2.05) is 20.8 Å². The lowest BCUT2D eigenvalue weighted by Crippen LogP contribution is -2.41. The van der Waals surface area contributed by atoms with Gasteiger partial charge in [0.2, 0.25) is 0 Å². The zero-order chi connectivity index (χ0) is 18.6. The van der Waals surface area contributed by atoms with E-state index in [0.717, 1.165) is 25.9 Å². The van der Waals surface area contributed by atoms with Crippen molar-refractivity contribution in [1.29, 1.82) is 0 Å². The van der Waals surface area contributed by atoms with Crippen LogP contribution in [0.5, 0.6) is 0 Å². The second-order valence-electron chi connectivity index (χ2n) is 7.78. The molecular weight excluding hydrogens is 343 g/mol. The third-order valence-electron chi connectivity index (χ3n) is 4.39. The van der Waals surface area contributed by atoms with Crippen LogP contribution in [-0.4, -0.2) is 48.2 Å². The molecule has 1 fully saturated rings. The Morgan fingerprint density at radius 3 is 2.56 bits per heavy atom. The van der Waals surface area contributed by atoms with Gasteiger partial charge in [0.05, 0.1) is 0 Å². The van der Waals surface area contributed by atoms with Gasteiger partial charge < -0.3 is 9.64 Å². The number of carbonyl (C=O) groups excluding carboxylic acids is 1. The summed E-state index contributed by atoms with van der Waals surface area (Å²) in [5.41, 5.74) is 0.0850. The van der Waals surface area contributed by atoms with Crippen LogP contribution >= 0.6 is 11.6 Å². The summed E-state index contributed by atoms with van der Waals surface area (Å²) < 4.78 is 19.3. The number of amides is 1. The number of benzene rings is 1. The van der Waals surface area contributed by atoms with Crippen LogP contribution in [0.15, 0.2) is 18.2 Å². The van der Waals surface area contributed by atoms with Crippen LogP contribution in [0.3, 0.4) is 0 Å². The number of hydrogen-bond acceptors (Lipinski definition) is 3. The van der Waals surface area contributed by atoms with Crippen molar-refractivity contribution in [3.8, 4) is 0 Å². The number of carbonyl (C=O) groups is 1. The van der Waals surface area contributed by atoms with Gasteiger partial charge in [0.15, 0.2) is 0 Å². The molecule has 0 radical (unpaired) electrons. The van der Waals surface area contributed by atoms with Crippen molar-refractivity contribution < 1.29 is 13.9 Å². The van der Waals surface area contributed by atoms with Crippen LogP contribution in [0.4, 0.5) is 9.18 Å². The first-order chi connectivity index (χ1) is 11.7. The molecule has 25 heavy (non-hydrogen) atoms. The van der Waals surface area contributed by atoms with Gasteiger partial charge in [-0.05, 0) is 64.8 Å². The van der Waals surface area contributed by atoms with Gasteiger partial charge in [0, 0.05) is 30.7 Å². The van der Waals surface area contributed by atoms with Crippen molar-refractivity contribution in [2.75, 3.05) is 26.7 Å². The highest BCUT2D eigenvalue weighted by Gasteiger charge is 2.25. The number of hydrogen-bond donors (Lipinski definition) is 0. The Hall–Kier alpha value is -1.33. The van der Waals surface area contributed by atoms with E-state index in [0.29, 0.717) is 29.6 Å². The molecule has 0 spiro atoms. The molecule has 140 valence electrons. The van der Waals surface area contributed by atoms with Crippen LogP contribution in [0.2, 0.25) is 5.02 Å². The third kappa shape index (κ3) is 6.15. The molecule has 1 heterocycles. The van der Waals surface area contributed by atoms with E-state index in [-0.39, 0.29) is 11.9 Å². The first kappa shape index (κ1) is 20.0. The maximum atomic E-state index is 13.9. The summed E-state index contributed by atoms with van der Waals surface area (Å²) >= 11 is 6.11. The molecule has 0 unspecified atom stereocenters. The molecule has 0 atom stereocenters. The minimum Gasteiger partial charge on any atom is -0.444 e. The van der Waals surface area contributed by atoms with E-state index in [1.165, 1.54) is 6.07 Å². The first-order valence-electron chi connectivity index (χ1n) is 8.75. The molecule has 2 rings (SSSR count). The summed E-state index contributed by atoms with van der Waals surface area (Å²) in [7, 11) is 1.78. The van der Waals surface area contributed by atoms with Crippen molar-refractivity contribution in [3.05, 3.63) is 34.6 Å². The third-order valence-corrected chi connectivity index (χ3v) is 4.74. The van der Waals surface area contributed by atoms with Gasteiger partial charge in [0.1, 0.15) is 11.4 Å². The maximum absolute atomic E-state index is 13.9. The lowest BCUT2D eigenvalue weighted by molar-refractivity contribution is 0.0248. The number of piperidine rings is 1. The van der Waals surface area contributed by atoms with Gasteiger partial charge in [-0.1, -0.05) is 17.7 Å². The fraction of sp³-hybridized carbons (Fsp3) is 0.632. The van der Waals surface area contributed by atoms with Gasteiger partial charge in [-0.2, -0.15) is 0 Å². The van der Waals surface area contributed by atoms with Crippen LogP contribution in [0.1, 0.15) is 39.2 Å². The lowest BCUT2D eigenvalue weighted by Gasteiger charge is -2.34. The average Bonchev–Trinajstić information content (AvgIpc) is 2.51. The lowest BCUT2D eigenvalue weighted by atomic mass is 9.96. The van der Waals surface area contributed by atoms with Gasteiger partial charge in [-0.3, -0.25) is 4.90 Å². The molecule has 0 N–H and O–H groups in total. The number of nitrogens with zero attached hydrogens (tertiary/aromatic N) is 2. The van der Waals surface area contributed by atoms with E-state index in [9.17, 15) is 9.18 Å².